The number of hydrogen-bond acceptors (Lipinski definition) is 3. The van der Waals surface area contributed by atoms with Crippen molar-refractivity contribution in [2.75, 3.05) is 4.72 Å². The molecule has 3 aromatic rings. The normalized spacial score (nSPS) is 12.1. The van der Waals surface area contributed by atoms with E-state index in [9.17, 15) is 21.6 Å². The highest BCUT2D eigenvalue weighted by molar-refractivity contribution is 7.92. The average Bonchev–Trinajstić information content (AvgIpc) is 3.00. The third-order valence-electron chi connectivity index (χ3n) is 3.29. The lowest BCUT2D eigenvalue weighted by Crippen LogP contribution is -2.15. The van der Waals surface area contributed by atoms with Crippen LogP contribution in [0, 0.1) is 0 Å². The van der Waals surface area contributed by atoms with Crippen molar-refractivity contribution in [1.82, 2.24) is 9.78 Å². The van der Waals surface area contributed by atoms with Gasteiger partial charge in [-0.1, -0.05) is 36.4 Å². The second-order valence-electron chi connectivity index (χ2n) is 5.08. The number of benzene rings is 2. The summed E-state index contributed by atoms with van der Waals surface area (Å²) in [4.78, 5) is -0.0654. The summed E-state index contributed by atoms with van der Waals surface area (Å²) in [6.45, 7) is 0. The molecule has 0 bridgehead atoms. The van der Waals surface area contributed by atoms with Gasteiger partial charge < -0.3 is 0 Å². The molecule has 25 heavy (non-hydrogen) atoms. The Morgan fingerprint density at radius 2 is 1.48 bits per heavy atom. The van der Waals surface area contributed by atoms with Gasteiger partial charge in [0.25, 0.3) is 10.0 Å². The Labute approximate surface area is 141 Å². The summed E-state index contributed by atoms with van der Waals surface area (Å²) in [5.74, 6) is -0.303. The Morgan fingerprint density at radius 1 is 0.920 bits per heavy atom. The van der Waals surface area contributed by atoms with Gasteiger partial charge in [-0.25, -0.2) is 13.1 Å². The Bertz CT molecular complexity index is 969. The van der Waals surface area contributed by atoms with Crippen LogP contribution in [-0.4, -0.2) is 18.2 Å². The minimum atomic E-state index is -4.70. The molecule has 130 valence electrons. The molecule has 0 saturated carbocycles. The van der Waals surface area contributed by atoms with Gasteiger partial charge >= 0.3 is 6.18 Å². The number of halogens is 3. The van der Waals surface area contributed by atoms with E-state index in [2.05, 4.69) is 9.82 Å². The lowest BCUT2D eigenvalue weighted by Gasteiger charge is -2.10. The zero-order valence-electron chi connectivity index (χ0n) is 12.6. The van der Waals surface area contributed by atoms with Crippen molar-refractivity contribution in [3.8, 4) is 5.69 Å². The van der Waals surface area contributed by atoms with Crippen LogP contribution in [0.1, 0.15) is 5.69 Å². The van der Waals surface area contributed by atoms with Crippen molar-refractivity contribution < 1.29 is 21.6 Å². The quantitative estimate of drug-likeness (QED) is 0.765. The molecule has 9 heteroatoms. The molecule has 1 heterocycles. The molecule has 0 atom stereocenters. The molecule has 0 aliphatic carbocycles. The highest BCUT2D eigenvalue weighted by Crippen LogP contribution is 2.32. The van der Waals surface area contributed by atoms with E-state index in [0.717, 1.165) is 4.68 Å². The van der Waals surface area contributed by atoms with E-state index in [-0.39, 0.29) is 10.7 Å². The summed E-state index contributed by atoms with van der Waals surface area (Å²) in [6, 6.07) is 16.0. The maximum atomic E-state index is 13.0. The first-order chi connectivity index (χ1) is 11.8. The fourth-order valence-corrected chi connectivity index (χ4v) is 3.21. The molecule has 5 nitrogen and oxygen atoms in total. The minimum Gasteiger partial charge on any atom is -0.263 e. The van der Waals surface area contributed by atoms with Crippen LogP contribution < -0.4 is 4.72 Å². The maximum Gasteiger partial charge on any atom is 0.435 e. The van der Waals surface area contributed by atoms with Gasteiger partial charge in [-0.3, -0.25) is 4.72 Å². The molecule has 0 radical (unpaired) electrons. The van der Waals surface area contributed by atoms with Gasteiger partial charge in [-0.2, -0.15) is 18.3 Å². The van der Waals surface area contributed by atoms with Crippen LogP contribution in [0.3, 0.4) is 0 Å². The summed E-state index contributed by atoms with van der Waals surface area (Å²) in [5.41, 5.74) is -0.897. The van der Waals surface area contributed by atoms with Crippen LogP contribution in [0.5, 0.6) is 0 Å². The van der Waals surface area contributed by atoms with Gasteiger partial charge in [0.05, 0.1) is 10.6 Å². The fourth-order valence-electron chi connectivity index (χ4n) is 2.15. The Balaban J connectivity index is 2.08. The number of para-hydroxylation sites is 1. The van der Waals surface area contributed by atoms with Gasteiger partial charge in [0.1, 0.15) is 5.82 Å². The Kier molecular flexibility index (Phi) is 4.25. The standard InChI is InChI=1S/C16H12F3N3O2S/c17-16(18,19)14-11-15(22(20-14)12-7-3-1-4-8-12)21-25(23,24)13-9-5-2-6-10-13/h1-11,21H. The van der Waals surface area contributed by atoms with Crippen LogP contribution in [0.25, 0.3) is 5.69 Å². The third-order valence-corrected chi connectivity index (χ3v) is 4.66. The highest BCUT2D eigenvalue weighted by Gasteiger charge is 2.35. The van der Waals surface area contributed by atoms with Crippen molar-refractivity contribution in [3.63, 3.8) is 0 Å². The second-order valence-corrected chi connectivity index (χ2v) is 6.76. The van der Waals surface area contributed by atoms with Crippen molar-refractivity contribution in [3.05, 3.63) is 72.4 Å². The lowest BCUT2D eigenvalue weighted by molar-refractivity contribution is -0.141. The third kappa shape index (κ3) is 3.66. The number of aromatic nitrogens is 2. The summed E-state index contributed by atoms with van der Waals surface area (Å²) in [5, 5.41) is 3.49. The van der Waals surface area contributed by atoms with Crippen LogP contribution in [-0.2, 0) is 16.2 Å². The van der Waals surface area contributed by atoms with Crippen molar-refractivity contribution in [2.24, 2.45) is 0 Å². The largest absolute Gasteiger partial charge is 0.435 e. The first kappa shape index (κ1) is 17.0. The summed E-state index contributed by atoms with van der Waals surface area (Å²) in [7, 11) is -4.05. The molecule has 1 aromatic heterocycles. The molecule has 0 amide bonds. The molecule has 0 aliphatic heterocycles. The van der Waals surface area contributed by atoms with E-state index in [4.69, 9.17) is 0 Å². The number of rotatable bonds is 4. The molecular formula is C16H12F3N3O2S. The smallest absolute Gasteiger partial charge is 0.263 e. The summed E-state index contributed by atoms with van der Waals surface area (Å²) in [6.07, 6.45) is -4.70. The number of anilines is 1. The number of nitrogens with one attached hydrogen (secondary N) is 1. The molecule has 0 saturated heterocycles. The molecule has 2 aromatic carbocycles. The van der Waals surface area contributed by atoms with Gasteiger partial charge in [-0.05, 0) is 24.3 Å². The van der Waals surface area contributed by atoms with Crippen LogP contribution >= 0.6 is 0 Å². The fraction of sp³-hybridized carbons (Fsp3) is 0.0625. The van der Waals surface area contributed by atoms with E-state index in [1.54, 1.807) is 24.3 Å². The monoisotopic (exact) mass is 367 g/mol. The summed E-state index contributed by atoms with van der Waals surface area (Å²) >= 11 is 0. The lowest BCUT2D eigenvalue weighted by atomic mass is 10.3. The van der Waals surface area contributed by atoms with E-state index in [1.807, 2.05) is 0 Å². The maximum absolute atomic E-state index is 13.0. The van der Waals surface area contributed by atoms with Crippen molar-refractivity contribution in [2.45, 2.75) is 11.1 Å². The molecule has 0 unspecified atom stereocenters. The number of sulfonamides is 1. The zero-order valence-corrected chi connectivity index (χ0v) is 13.4. The molecule has 0 spiro atoms. The Hall–Kier alpha value is -2.81. The minimum absolute atomic E-state index is 0.0654. The van der Waals surface area contributed by atoms with Gasteiger partial charge in [0.15, 0.2) is 5.69 Å². The molecule has 3 rings (SSSR count). The summed E-state index contributed by atoms with van der Waals surface area (Å²) < 4.78 is 66.9. The van der Waals surface area contributed by atoms with Crippen LogP contribution in [0.15, 0.2) is 71.6 Å². The highest BCUT2D eigenvalue weighted by atomic mass is 32.2. The second kappa shape index (κ2) is 6.25. The zero-order chi connectivity index (χ0) is 18.1. The van der Waals surface area contributed by atoms with E-state index in [1.165, 1.54) is 36.4 Å². The number of hydrogen-bond donors (Lipinski definition) is 1. The number of nitrogens with zero attached hydrogens (tertiary/aromatic N) is 2. The van der Waals surface area contributed by atoms with Gasteiger partial charge in [-0.15, -0.1) is 0 Å². The van der Waals surface area contributed by atoms with Gasteiger partial charge in [0.2, 0.25) is 0 Å². The average molecular weight is 367 g/mol. The van der Waals surface area contributed by atoms with Crippen molar-refractivity contribution >= 4 is 15.8 Å². The predicted octanol–water partition coefficient (Wildman–Crippen LogP) is 3.69. The SMILES string of the molecule is O=S(=O)(Nc1cc(C(F)(F)F)nn1-c1ccccc1)c1ccccc1. The van der Waals surface area contributed by atoms with E-state index in [0.29, 0.717) is 11.8 Å². The van der Waals surface area contributed by atoms with Crippen LogP contribution in [0.2, 0.25) is 0 Å². The van der Waals surface area contributed by atoms with Crippen LogP contribution in [0.4, 0.5) is 19.0 Å². The first-order valence-corrected chi connectivity index (χ1v) is 8.56. The predicted molar refractivity (Wildman–Crippen MR) is 85.8 cm³/mol. The Morgan fingerprint density at radius 3 is 2.04 bits per heavy atom. The first-order valence-electron chi connectivity index (χ1n) is 7.08. The molecular weight excluding hydrogens is 355 g/mol. The molecule has 0 fully saturated rings. The van der Waals surface area contributed by atoms with E-state index >= 15 is 0 Å². The number of alkyl halides is 3. The molecule has 0 aliphatic rings. The van der Waals surface area contributed by atoms with Gasteiger partial charge in [0, 0.05) is 6.07 Å². The van der Waals surface area contributed by atoms with E-state index < -0.39 is 21.9 Å². The molecule has 1 N–H and O–H groups in total. The van der Waals surface area contributed by atoms with Crippen molar-refractivity contribution in [1.29, 1.82) is 0 Å². The topological polar surface area (TPSA) is 64.0 Å².